The van der Waals surface area contributed by atoms with E-state index < -0.39 is 0 Å². The van der Waals surface area contributed by atoms with Gasteiger partial charge in [-0.15, -0.1) is 0 Å². The lowest BCUT2D eigenvalue weighted by atomic mass is 9.92. The first-order chi connectivity index (χ1) is 6.90. The number of hydrogen-bond donors (Lipinski definition) is 1. The van der Waals surface area contributed by atoms with E-state index in [4.69, 9.17) is 10.5 Å². The Kier molecular flexibility index (Phi) is 4.11. The standard InChI is InChI=1S/C11H22N2O2/c1-11(2,3)4-5-13-6-7-15-8-9(13)10(12)14/h9H,4-8H2,1-3H3,(H2,12,14). The molecular weight excluding hydrogens is 192 g/mol. The lowest BCUT2D eigenvalue weighted by Gasteiger charge is -2.35. The van der Waals surface area contributed by atoms with Gasteiger partial charge in [0.2, 0.25) is 5.91 Å². The second-order valence-corrected chi connectivity index (χ2v) is 5.34. The summed E-state index contributed by atoms with van der Waals surface area (Å²) in [5.74, 6) is -0.274. The first-order valence-electron chi connectivity index (χ1n) is 5.51. The van der Waals surface area contributed by atoms with Crippen molar-refractivity contribution in [1.82, 2.24) is 4.90 Å². The number of morpholine rings is 1. The SMILES string of the molecule is CC(C)(C)CCN1CCOCC1C(N)=O. The number of carbonyl (C=O) groups is 1. The molecule has 2 N–H and O–H groups in total. The van der Waals surface area contributed by atoms with Gasteiger partial charge in [-0.1, -0.05) is 20.8 Å². The van der Waals surface area contributed by atoms with Crippen LogP contribution in [0.25, 0.3) is 0 Å². The number of carbonyl (C=O) groups excluding carboxylic acids is 1. The number of nitrogens with zero attached hydrogens (tertiary/aromatic N) is 1. The third-order valence-electron chi connectivity index (χ3n) is 2.72. The Bertz CT molecular complexity index is 223. The second-order valence-electron chi connectivity index (χ2n) is 5.34. The van der Waals surface area contributed by atoms with Crippen LogP contribution >= 0.6 is 0 Å². The highest BCUT2D eigenvalue weighted by molar-refractivity contribution is 5.80. The van der Waals surface area contributed by atoms with E-state index in [-0.39, 0.29) is 11.9 Å². The molecule has 1 fully saturated rings. The van der Waals surface area contributed by atoms with Crippen LogP contribution in [-0.2, 0) is 9.53 Å². The second kappa shape index (κ2) is 4.94. The van der Waals surface area contributed by atoms with E-state index >= 15 is 0 Å². The predicted octanol–water partition coefficient (Wildman–Crippen LogP) is 0.609. The first kappa shape index (κ1) is 12.5. The average molecular weight is 214 g/mol. The zero-order valence-corrected chi connectivity index (χ0v) is 9.95. The van der Waals surface area contributed by atoms with Crippen molar-refractivity contribution < 1.29 is 9.53 Å². The lowest BCUT2D eigenvalue weighted by Crippen LogP contribution is -2.52. The third-order valence-corrected chi connectivity index (χ3v) is 2.72. The zero-order valence-electron chi connectivity index (χ0n) is 9.95. The molecule has 1 aliphatic heterocycles. The monoisotopic (exact) mass is 214 g/mol. The molecule has 88 valence electrons. The summed E-state index contributed by atoms with van der Waals surface area (Å²) in [7, 11) is 0. The van der Waals surface area contributed by atoms with E-state index in [0.717, 1.165) is 19.5 Å². The summed E-state index contributed by atoms with van der Waals surface area (Å²) >= 11 is 0. The molecule has 0 bridgehead atoms. The summed E-state index contributed by atoms with van der Waals surface area (Å²) in [6, 6.07) is -0.235. The van der Waals surface area contributed by atoms with Crippen LogP contribution in [0.15, 0.2) is 0 Å². The highest BCUT2D eigenvalue weighted by Crippen LogP contribution is 2.20. The largest absolute Gasteiger partial charge is 0.378 e. The smallest absolute Gasteiger partial charge is 0.237 e. The molecule has 1 amide bonds. The summed E-state index contributed by atoms with van der Waals surface area (Å²) in [4.78, 5) is 13.3. The summed E-state index contributed by atoms with van der Waals surface area (Å²) in [5.41, 5.74) is 5.63. The van der Waals surface area contributed by atoms with Gasteiger partial charge in [-0.2, -0.15) is 0 Å². The topological polar surface area (TPSA) is 55.6 Å². The van der Waals surface area contributed by atoms with E-state index in [1.54, 1.807) is 0 Å². The molecule has 4 nitrogen and oxygen atoms in total. The first-order valence-corrected chi connectivity index (χ1v) is 5.51. The normalized spacial score (nSPS) is 24.1. The van der Waals surface area contributed by atoms with Crippen molar-refractivity contribution in [2.45, 2.75) is 33.2 Å². The summed E-state index contributed by atoms with van der Waals surface area (Å²) in [6.45, 7) is 9.48. The molecule has 1 saturated heterocycles. The molecule has 0 aliphatic carbocycles. The Hall–Kier alpha value is -0.610. The van der Waals surface area contributed by atoms with Crippen molar-refractivity contribution in [3.05, 3.63) is 0 Å². The number of rotatable bonds is 3. The molecule has 0 saturated carbocycles. The van der Waals surface area contributed by atoms with Crippen LogP contribution in [0.4, 0.5) is 0 Å². The third kappa shape index (κ3) is 4.18. The van der Waals surface area contributed by atoms with Crippen LogP contribution in [0.3, 0.4) is 0 Å². The highest BCUT2D eigenvalue weighted by atomic mass is 16.5. The van der Waals surface area contributed by atoms with E-state index in [1.165, 1.54) is 0 Å². The molecule has 0 radical (unpaired) electrons. The van der Waals surface area contributed by atoms with Gasteiger partial charge in [-0.3, -0.25) is 9.69 Å². The van der Waals surface area contributed by atoms with Gasteiger partial charge in [-0.05, 0) is 18.4 Å². The molecule has 1 aliphatic rings. The molecule has 0 aromatic heterocycles. The Labute approximate surface area is 91.8 Å². The van der Waals surface area contributed by atoms with Gasteiger partial charge in [0.25, 0.3) is 0 Å². The van der Waals surface area contributed by atoms with Gasteiger partial charge in [0.05, 0.1) is 13.2 Å². The Morgan fingerprint density at radius 2 is 2.20 bits per heavy atom. The molecule has 1 rings (SSSR count). The number of ether oxygens (including phenoxy) is 1. The minimum Gasteiger partial charge on any atom is -0.378 e. The van der Waals surface area contributed by atoms with Crippen LogP contribution < -0.4 is 5.73 Å². The van der Waals surface area contributed by atoms with Crippen LogP contribution in [0, 0.1) is 5.41 Å². The van der Waals surface area contributed by atoms with Crippen LogP contribution in [0.1, 0.15) is 27.2 Å². The molecule has 0 aromatic carbocycles. The maximum atomic E-state index is 11.2. The van der Waals surface area contributed by atoms with E-state index in [9.17, 15) is 4.79 Å². The van der Waals surface area contributed by atoms with Crippen molar-refractivity contribution in [3.63, 3.8) is 0 Å². The number of amides is 1. The maximum Gasteiger partial charge on any atom is 0.237 e. The van der Waals surface area contributed by atoms with E-state index in [1.807, 2.05) is 0 Å². The number of primary amides is 1. The van der Waals surface area contributed by atoms with Gasteiger partial charge in [0.1, 0.15) is 6.04 Å². The molecule has 1 heterocycles. The summed E-state index contributed by atoms with van der Waals surface area (Å²) in [5, 5.41) is 0. The van der Waals surface area contributed by atoms with Gasteiger partial charge in [0.15, 0.2) is 0 Å². The fourth-order valence-electron chi connectivity index (χ4n) is 1.65. The Morgan fingerprint density at radius 1 is 1.53 bits per heavy atom. The molecule has 1 atom stereocenters. The van der Waals surface area contributed by atoms with Gasteiger partial charge < -0.3 is 10.5 Å². The van der Waals surface area contributed by atoms with Crippen LogP contribution in [-0.4, -0.2) is 43.2 Å². The van der Waals surface area contributed by atoms with Crippen molar-refractivity contribution >= 4 is 5.91 Å². The van der Waals surface area contributed by atoms with E-state index in [0.29, 0.717) is 18.6 Å². The van der Waals surface area contributed by atoms with Crippen molar-refractivity contribution in [3.8, 4) is 0 Å². The van der Waals surface area contributed by atoms with Crippen LogP contribution in [0.2, 0.25) is 0 Å². The number of hydrogen-bond acceptors (Lipinski definition) is 3. The average Bonchev–Trinajstić information content (AvgIpc) is 2.14. The van der Waals surface area contributed by atoms with Crippen molar-refractivity contribution in [1.29, 1.82) is 0 Å². The molecular formula is C11H22N2O2. The molecule has 4 heteroatoms. The highest BCUT2D eigenvalue weighted by Gasteiger charge is 2.28. The lowest BCUT2D eigenvalue weighted by molar-refractivity contribution is -0.129. The van der Waals surface area contributed by atoms with Gasteiger partial charge in [-0.25, -0.2) is 0 Å². The quantitative estimate of drug-likeness (QED) is 0.749. The fourth-order valence-corrected chi connectivity index (χ4v) is 1.65. The zero-order chi connectivity index (χ0) is 11.5. The minimum atomic E-state index is -0.274. The fraction of sp³-hybridized carbons (Fsp3) is 0.909. The molecule has 1 unspecified atom stereocenters. The molecule has 0 spiro atoms. The van der Waals surface area contributed by atoms with Gasteiger partial charge >= 0.3 is 0 Å². The molecule has 15 heavy (non-hydrogen) atoms. The summed E-state index contributed by atoms with van der Waals surface area (Å²) in [6.07, 6.45) is 1.07. The van der Waals surface area contributed by atoms with Crippen LogP contribution in [0.5, 0.6) is 0 Å². The predicted molar refractivity (Wildman–Crippen MR) is 59.4 cm³/mol. The van der Waals surface area contributed by atoms with E-state index in [2.05, 4.69) is 25.7 Å². The Balaban J connectivity index is 2.46. The Morgan fingerprint density at radius 3 is 2.73 bits per heavy atom. The van der Waals surface area contributed by atoms with Crippen molar-refractivity contribution in [2.75, 3.05) is 26.3 Å². The summed E-state index contributed by atoms with van der Waals surface area (Å²) < 4.78 is 5.26. The molecule has 0 aromatic rings. The minimum absolute atomic E-state index is 0.235. The van der Waals surface area contributed by atoms with Crippen molar-refractivity contribution in [2.24, 2.45) is 11.1 Å². The number of nitrogens with two attached hydrogens (primary N) is 1. The van der Waals surface area contributed by atoms with Gasteiger partial charge in [0, 0.05) is 6.54 Å². The maximum absolute atomic E-state index is 11.2.